The summed E-state index contributed by atoms with van der Waals surface area (Å²) in [6, 6.07) is 13.1. The van der Waals surface area contributed by atoms with Crippen molar-refractivity contribution in [3.63, 3.8) is 0 Å². The van der Waals surface area contributed by atoms with Crippen molar-refractivity contribution in [2.24, 2.45) is 0 Å². The molecule has 2 N–H and O–H groups in total. The minimum Gasteiger partial charge on any atom is -0.355 e. The summed E-state index contributed by atoms with van der Waals surface area (Å²) in [6.07, 6.45) is 4.00. The second-order valence-corrected chi connectivity index (χ2v) is 7.91. The summed E-state index contributed by atoms with van der Waals surface area (Å²) in [4.78, 5) is 18.4. The number of rotatable bonds is 3. The molecule has 2 aliphatic rings. The Morgan fingerprint density at radius 1 is 1.04 bits per heavy atom. The van der Waals surface area contributed by atoms with Crippen LogP contribution < -0.4 is 5.32 Å². The molecule has 27 heavy (non-hydrogen) atoms. The molecule has 0 spiro atoms. The highest BCUT2D eigenvalue weighted by atomic mass is 16.1. The number of carbonyl (C=O) groups excluding carboxylic acids is 1. The highest BCUT2D eigenvalue weighted by molar-refractivity contribution is 6.05. The summed E-state index contributed by atoms with van der Waals surface area (Å²) in [5, 5.41) is 4.18. The number of likely N-dealkylation sites (tertiary alicyclic amines) is 1. The smallest absolute Gasteiger partial charge is 0.252 e. The summed E-state index contributed by atoms with van der Waals surface area (Å²) in [6.45, 7) is 6.15. The SMILES string of the molecule is Cc1ccc(-c2cc3cc(CN4CCCCC4)ccc3[nH]2)c2c1CNC2=O. The maximum absolute atomic E-state index is 12.4. The number of hydrogen-bond donors (Lipinski definition) is 2. The number of nitrogens with zero attached hydrogens (tertiary/aromatic N) is 1. The van der Waals surface area contributed by atoms with Gasteiger partial charge in [0.1, 0.15) is 0 Å². The Morgan fingerprint density at radius 2 is 1.89 bits per heavy atom. The zero-order chi connectivity index (χ0) is 18.4. The van der Waals surface area contributed by atoms with E-state index < -0.39 is 0 Å². The lowest BCUT2D eigenvalue weighted by atomic mass is 9.96. The quantitative estimate of drug-likeness (QED) is 0.729. The third kappa shape index (κ3) is 2.94. The van der Waals surface area contributed by atoms with E-state index in [0.29, 0.717) is 6.54 Å². The molecule has 1 amide bonds. The number of fused-ring (bicyclic) bond motifs is 2. The molecular weight excluding hydrogens is 334 g/mol. The molecule has 0 aliphatic carbocycles. The van der Waals surface area contributed by atoms with Crippen LogP contribution in [0.4, 0.5) is 0 Å². The highest BCUT2D eigenvalue weighted by Crippen LogP contribution is 2.33. The molecule has 2 aliphatic heterocycles. The van der Waals surface area contributed by atoms with Gasteiger partial charge in [0.2, 0.25) is 0 Å². The van der Waals surface area contributed by atoms with Crippen LogP contribution in [0.2, 0.25) is 0 Å². The third-order valence-corrected chi connectivity index (χ3v) is 6.03. The van der Waals surface area contributed by atoms with Crippen LogP contribution >= 0.6 is 0 Å². The molecule has 3 aromatic rings. The number of carbonyl (C=O) groups is 1. The van der Waals surface area contributed by atoms with Gasteiger partial charge in [0.05, 0.1) is 5.56 Å². The lowest BCUT2D eigenvalue weighted by Gasteiger charge is -2.26. The number of H-pyrrole nitrogens is 1. The summed E-state index contributed by atoms with van der Waals surface area (Å²) >= 11 is 0. The molecule has 1 fully saturated rings. The largest absolute Gasteiger partial charge is 0.355 e. The first-order valence-electron chi connectivity index (χ1n) is 9.94. The van der Waals surface area contributed by atoms with E-state index in [1.54, 1.807) is 0 Å². The first-order chi connectivity index (χ1) is 13.2. The fourth-order valence-corrected chi connectivity index (χ4v) is 4.52. The topological polar surface area (TPSA) is 48.1 Å². The van der Waals surface area contributed by atoms with Gasteiger partial charge in [0.15, 0.2) is 0 Å². The first kappa shape index (κ1) is 16.6. The predicted octanol–water partition coefficient (Wildman–Crippen LogP) is 4.37. The molecule has 0 saturated carbocycles. The molecule has 138 valence electrons. The van der Waals surface area contributed by atoms with Gasteiger partial charge in [0, 0.05) is 35.2 Å². The van der Waals surface area contributed by atoms with Gasteiger partial charge in [-0.3, -0.25) is 9.69 Å². The number of benzene rings is 2. The molecular formula is C23H25N3O. The van der Waals surface area contributed by atoms with Crippen LogP contribution in [0.5, 0.6) is 0 Å². The standard InChI is InChI=1S/C23H25N3O/c1-15-5-7-18(22-19(15)13-24-23(22)27)21-12-17-11-16(6-8-20(17)25-21)14-26-9-3-2-4-10-26/h5-8,11-12,25H,2-4,9-10,13-14H2,1H3,(H,24,27). The normalized spacial score (nSPS) is 17.3. The molecule has 1 aromatic heterocycles. The van der Waals surface area contributed by atoms with Gasteiger partial charge in [-0.05, 0) is 67.7 Å². The van der Waals surface area contributed by atoms with Crippen molar-refractivity contribution in [3.05, 3.63) is 58.7 Å². The van der Waals surface area contributed by atoms with Crippen molar-refractivity contribution in [2.75, 3.05) is 13.1 Å². The Morgan fingerprint density at radius 3 is 2.74 bits per heavy atom. The number of amides is 1. The molecule has 0 unspecified atom stereocenters. The van der Waals surface area contributed by atoms with Crippen LogP contribution in [-0.2, 0) is 13.1 Å². The Kier molecular flexibility index (Phi) is 4.01. The molecule has 4 nitrogen and oxygen atoms in total. The van der Waals surface area contributed by atoms with Crippen molar-refractivity contribution in [2.45, 2.75) is 39.3 Å². The van der Waals surface area contributed by atoms with E-state index >= 15 is 0 Å². The molecule has 1 saturated heterocycles. The number of hydrogen-bond acceptors (Lipinski definition) is 2. The fourth-order valence-electron chi connectivity index (χ4n) is 4.52. The van der Waals surface area contributed by atoms with Crippen LogP contribution in [-0.4, -0.2) is 28.9 Å². The molecule has 4 heteroatoms. The summed E-state index contributed by atoms with van der Waals surface area (Å²) < 4.78 is 0. The highest BCUT2D eigenvalue weighted by Gasteiger charge is 2.25. The van der Waals surface area contributed by atoms with E-state index in [0.717, 1.165) is 34.4 Å². The summed E-state index contributed by atoms with van der Waals surface area (Å²) in [7, 11) is 0. The summed E-state index contributed by atoms with van der Waals surface area (Å²) in [5.74, 6) is 0.0353. The monoisotopic (exact) mass is 359 g/mol. The Bertz CT molecular complexity index is 1030. The Balaban J connectivity index is 1.51. The van der Waals surface area contributed by atoms with E-state index in [2.05, 4.69) is 58.5 Å². The maximum Gasteiger partial charge on any atom is 0.252 e. The maximum atomic E-state index is 12.4. The van der Waals surface area contributed by atoms with E-state index in [4.69, 9.17) is 0 Å². The molecule has 5 rings (SSSR count). The third-order valence-electron chi connectivity index (χ3n) is 6.03. The average Bonchev–Trinajstić information content (AvgIpc) is 3.27. The van der Waals surface area contributed by atoms with Gasteiger partial charge in [-0.1, -0.05) is 24.6 Å². The van der Waals surface area contributed by atoms with Crippen molar-refractivity contribution < 1.29 is 4.79 Å². The van der Waals surface area contributed by atoms with E-state index in [1.165, 1.54) is 48.9 Å². The zero-order valence-corrected chi connectivity index (χ0v) is 15.8. The zero-order valence-electron chi connectivity index (χ0n) is 15.8. The lowest BCUT2D eigenvalue weighted by Crippen LogP contribution is -2.28. The van der Waals surface area contributed by atoms with Crippen molar-refractivity contribution in [3.8, 4) is 11.3 Å². The van der Waals surface area contributed by atoms with Gasteiger partial charge in [-0.15, -0.1) is 0 Å². The van der Waals surface area contributed by atoms with E-state index in [1.807, 2.05) is 0 Å². The average molecular weight is 359 g/mol. The number of aryl methyl sites for hydroxylation is 1. The summed E-state index contributed by atoms with van der Waals surface area (Å²) in [5.41, 5.74) is 7.64. The van der Waals surface area contributed by atoms with E-state index in [-0.39, 0.29) is 5.91 Å². The van der Waals surface area contributed by atoms with Crippen LogP contribution in [0.25, 0.3) is 22.2 Å². The molecule has 0 radical (unpaired) electrons. The number of nitrogens with one attached hydrogen (secondary N) is 2. The number of aromatic nitrogens is 1. The Labute approximate surface area is 159 Å². The molecule has 2 aromatic carbocycles. The Hall–Kier alpha value is -2.59. The predicted molar refractivity (Wildman–Crippen MR) is 109 cm³/mol. The van der Waals surface area contributed by atoms with Crippen LogP contribution in [0.1, 0.15) is 46.3 Å². The molecule has 0 bridgehead atoms. The molecule has 0 atom stereocenters. The second-order valence-electron chi connectivity index (χ2n) is 7.91. The minimum atomic E-state index is 0.0353. The van der Waals surface area contributed by atoms with Crippen molar-refractivity contribution in [1.29, 1.82) is 0 Å². The molecule has 3 heterocycles. The lowest BCUT2D eigenvalue weighted by molar-refractivity contribution is 0.0966. The van der Waals surface area contributed by atoms with Gasteiger partial charge in [0.25, 0.3) is 5.91 Å². The van der Waals surface area contributed by atoms with Crippen molar-refractivity contribution >= 4 is 16.8 Å². The van der Waals surface area contributed by atoms with Crippen LogP contribution in [0.3, 0.4) is 0 Å². The van der Waals surface area contributed by atoms with Crippen molar-refractivity contribution in [1.82, 2.24) is 15.2 Å². The van der Waals surface area contributed by atoms with Crippen LogP contribution in [0, 0.1) is 6.92 Å². The van der Waals surface area contributed by atoms with E-state index in [9.17, 15) is 4.79 Å². The van der Waals surface area contributed by atoms with Crippen LogP contribution in [0.15, 0.2) is 36.4 Å². The number of piperidine rings is 1. The number of aromatic amines is 1. The van der Waals surface area contributed by atoms with Gasteiger partial charge >= 0.3 is 0 Å². The minimum absolute atomic E-state index is 0.0353. The second kappa shape index (κ2) is 6.54. The first-order valence-corrected chi connectivity index (χ1v) is 9.94. The van der Waals surface area contributed by atoms with Gasteiger partial charge < -0.3 is 10.3 Å². The van der Waals surface area contributed by atoms with Gasteiger partial charge in [-0.2, -0.15) is 0 Å². The fraction of sp³-hybridized carbons (Fsp3) is 0.348. The van der Waals surface area contributed by atoms with Gasteiger partial charge in [-0.25, -0.2) is 0 Å².